The Labute approximate surface area is 182 Å². The number of benzene rings is 2. The van der Waals surface area contributed by atoms with E-state index < -0.39 is 26.0 Å². The molecule has 11 heteroatoms. The fourth-order valence-electron chi connectivity index (χ4n) is 2.59. The van der Waals surface area contributed by atoms with E-state index in [9.17, 15) is 21.6 Å². The molecule has 0 aliphatic carbocycles. The van der Waals surface area contributed by atoms with Gasteiger partial charge in [-0.3, -0.25) is 9.52 Å². The van der Waals surface area contributed by atoms with Crippen molar-refractivity contribution < 1.29 is 31.5 Å². The molecular weight excluding hydrogens is 444 g/mol. The van der Waals surface area contributed by atoms with Gasteiger partial charge in [0, 0.05) is 18.7 Å². The standard InChI is InChI=1S/C20H26N2O7S2/c1-3-12-21-30(25,26)17-8-6-16(7-9-17)22-31(27,28)18-10-11-19(15(2)14-18)29-13-4-5-20(23)24/h6-11,14,21-22H,3-5,12-13H2,1-2H3,(H,23,24). The topological polar surface area (TPSA) is 139 Å². The summed E-state index contributed by atoms with van der Waals surface area (Å²) in [5.41, 5.74) is 0.808. The highest BCUT2D eigenvalue weighted by Gasteiger charge is 2.17. The lowest BCUT2D eigenvalue weighted by molar-refractivity contribution is -0.137. The number of carbonyl (C=O) groups is 1. The lowest BCUT2D eigenvalue weighted by Crippen LogP contribution is -2.24. The fourth-order valence-corrected chi connectivity index (χ4v) is 4.87. The van der Waals surface area contributed by atoms with E-state index in [0.29, 0.717) is 30.7 Å². The molecule has 0 atom stereocenters. The summed E-state index contributed by atoms with van der Waals surface area (Å²) in [7, 11) is -7.53. The van der Waals surface area contributed by atoms with Gasteiger partial charge in [0.2, 0.25) is 10.0 Å². The molecule has 0 amide bonds. The number of sulfonamides is 2. The van der Waals surface area contributed by atoms with E-state index in [2.05, 4.69) is 9.44 Å². The lowest BCUT2D eigenvalue weighted by atomic mass is 10.2. The molecular formula is C20H26N2O7S2. The molecule has 0 aliphatic rings. The number of carboxylic acid groups (broad SMARTS) is 1. The van der Waals surface area contributed by atoms with E-state index in [-0.39, 0.29) is 28.5 Å². The lowest BCUT2D eigenvalue weighted by Gasteiger charge is -2.12. The monoisotopic (exact) mass is 470 g/mol. The van der Waals surface area contributed by atoms with Crippen LogP contribution in [0.25, 0.3) is 0 Å². The Morgan fingerprint density at radius 3 is 2.23 bits per heavy atom. The highest BCUT2D eigenvalue weighted by atomic mass is 32.2. The third-order valence-electron chi connectivity index (χ3n) is 4.21. The van der Waals surface area contributed by atoms with Gasteiger partial charge in [-0.25, -0.2) is 21.6 Å². The maximum Gasteiger partial charge on any atom is 0.303 e. The molecule has 170 valence electrons. The fraction of sp³-hybridized carbons (Fsp3) is 0.350. The Bertz CT molecular complexity index is 1110. The van der Waals surface area contributed by atoms with E-state index in [0.717, 1.165) is 0 Å². The van der Waals surface area contributed by atoms with Gasteiger partial charge in [-0.05, 0) is 67.8 Å². The second kappa shape index (κ2) is 10.6. The zero-order chi connectivity index (χ0) is 23.1. The summed E-state index contributed by atoms with van der Waals surface area (Å²) < 4.78 is 60.0. The summed E-state index contributed by atoms with van der Waals surface area (Å²) in [6.45, 7) is 4.06. The molecule has 0 fully saturated rings. The molecule has 0 spiro atoms. The minimum Gasteiger partial charge on any atom is -0.493 e. The highest BCUT2D eigenvalue weighted by molar-refractivity contribution is 7.92. The normalized spacial score (nSPS) is 11.8. The van der Waals surface area contributed by atoms with Gasteiger partial charge < -0.3 is 9.84 Å². The zero-order valence-electron chi connectivity index (χ0n) is 17.3. The minimum absolute atomic E-state index is 0.00973. The number of carboxylic acids is 1. The van der Waals surface area contributed by atoms with Crippen LogP contribution in [0.5, 0.6) is 5.75 Å². The third kappa shape index (κ3) is 7.23. The quantitative estimate of drug-likeness (QED) is 0.405. The van der Waals surface area contributed by atoms with Crippen LogP contribution in [0.4, 0.5) is 5.69 Å². The molecule has 31 heavy (non-hydrogen) atoms. The van der Waals surface area contributed by atoms with Crippen molar-refractivity contribution in [1.29, 1.82) is 0 Å². The summed E-state index contributed by atoms with van der Waals surface area (Å²) in [6.07, 6.45) is 0.989. The molecule has 0 heterocycles. The Kier molecular flexibility index (Phi) is 8.43. The molecule has 0 saturated heterocycles. The summed E-state index contributed by atoms with van der Waals surface area (Å²) >= 11 is 0. The Hall–Kier alpha value is -2.63. The van der Waals surface area contributed by atoms with Crippen molar-refractivity contribution in [1.82, 2.24) is 4.72 Å². The largest absolute Gasteiger partial charge is 0.493 e. The molecule has 0 unspecified atom stereocenters. The Morgan fingerprint density at radius 2 is 1.65 bits per heavy atom. The number of anilines is 1. The smallest absolute Gasteiger partial charge is 0.303 e. The van der Waals surface area contributed by atoms with E-state index in [1.54, 1.807) is 6.92 Å². The summed E-state index contributed by atoms with van der Waals surface area (Å²) in [5, 5.41) is 8.64. The second-order valence-corrected chi connectivity index (χ2v) is 10.3. The number of rotatable bonds is 12. The number of hydrogen-bond acceptors (Lipinski definition) is 6. The SMILES string of the molecule is CCCNS(=O)(=O)c1ccc(NS(=O)(=O)c2ccc(OCCCC(=O)O)c(C)c2)cc1. The van der Waals surface area contributed by atoms with Crippen molar-refractivity contribution in [2.75, 3.05) is 17.9 Å². The summed E-state index contributed by atoms with van der Waals surface area (Å²) in [5.74, 6) is -0.436. The van der Waals surface area contributed by atoms with Crippen LogP contribution in [0.1, 0.15) is 31.7 Å². The van der Waals surface area contributed by atoms with Gasteiger partial charge in [0.05, 0.1) is 16.4 Å². The summed E-state index contributed by atoms with van der Waals surface area (Å²) in [4.78, 5) is 10.6. The van der Waals surface area contributed by atoms with Crippen LogP contribution in [0.15, 0.2) is 52.3 Å². The number of hydrogen-bond donors (Lipinski definition) is 3. The van der Waals surface area contributed by atoms with Gasteiger partial charge in [0.1, 0.15) is 5.75 Å². The molecule has 9 nitrogen and oxygen atoms in total. The van der Waals surface area contributed by atoms with E-state index >= 15 is 0 Å². The maximum absolute atomic E-state index is 12.7. The zero-order valence-corrected chi connectivity index (χ0v) is 18.9. The van der Waals surface area contributed by atoms with E-state index in [4.69, 9.17) is 9.84 Å². The molecule has 2 aromatic rings. The van der Waals surface area contributed by atoms with Gasteiger partial charge in [-0.15, -0.1) is 0 Å². The number of aryl methyl sites for hydroxylation is 1. The second-order valence-electron chi connectivity index (χ2n) is 6.80. The van der Waals surface area contributed by atoms with Gasteiger partial charge in [0.15, 0.2) is 0 Å². The molecule has 3 N–H and O–H groups in total. The maximum atomic E-state index is 12.7. The van der Waals surface area contributed by atoms with Gasteiger partial charge >= 0.3 is 5.97 Å². The van der Waals surface area contributed by atoms with Crippen LogP contribution in [-0.2, 0) is 24.8 Å². The van der Waals surface area contributed by atoms with Crippen LogP contribution in [0.2, 0.25) is 0 Å². The van der Waals surface area contributed by atoms with Crippen molar-refractivity contribution >= 4 is 31.7 Å². The van der Waals surface area contributed by atoms with Crippen LogP contribution in [0, 0.1) is 6.92 Å². The first-order chi connectivity index (χ1) is 14.5. The van der Waals surface area contributed by atoms with E-state index in [1.165, 1.54) is 42.5 Å². The Morgan fingerprint density at radius 1 is 1.00 bits per heavy atom. The predicted molar refractivity (Wildman–Crippen MR) is 116 cm³/mol. The van der Waals surface area contributed by atoms with E-state index in [1.807, 2.05) is 6.92 Å². The van der Waals surface area contributed by atoms with Crippen molar-refractivity contribution in [3.05, 3.63) is 48.0 Å². The Balaban J connectivity index is 2.08. The van der Waals surface area contributed by atoms with Crippen LogP contribution in [-0.4, -0.2) is 41.1 Å². The molecule has 0 aliphatic heterocycles. The molecule has 0 bridgehead atoms. The molecule has 0 saturated carbocycles. The first kappa shape index (κ1) is 24.6. The third-order valence-corrected chi connectivity index (χ3v) is 7.06. The minimum atomic E-state index is -3.90. The molecule has 0 aromatic heterocycles. The first-order valence-corrected chi connectivity index (χ1v) is 12.6. The first-order valence-electron chi connectivity index (χ1n) is 9.63. The van der Waals surface area contributed by atoms with Crippen molar-refractivity contribution in [2.45, 2.75) is 42.9 Å². The average Bonchev–Trinajstić information content (AvgIpc) is 2.70. The number of ether oxygens (including phenoxy) is 1. The van der Waals surface area contributed by atoms with Crippen LogP contribution in [0.3, 0.4) is 0 Å². The van der Waals surface area contributed by atoms with Gasteiger partial charge in [-0.2, -0.15) is 0 Å². The van der Waals surface area contributed by atoms with Crippen molar-refractivity contribution in [2.24, 2.45) is 0 Å². The molecule has 2 rings (SSSR count). The summed E-state index contributed by atoms with van der Waals surface area (Å²) in [6, 6.07) is 9.76. The van der Waals surface area contributed by atoms with Crippen LogP contribution >= 0.6 is 0 Å². The molecule has 2 aromatic carbocycles. The highest BCUT2D eigenvalue weighted by Crippen LogP contribution is 2.24. The number of nitrogens with one attached hydrogen (secondary N) is 2. The predicted octanol–water partition coefficient (Wildman–Crippen LogP) is 2.73. The average molecular weight is 471 g/mol. The van der Waals surface area contributed by atoms with Crippen LogP contribution < -0.4 is 14.2 Å². The molecule has 0 radical (unpaired) electrons. The van der Waals surface area contributed by atoms with Gasteiger partial charge in [-0.1, -0.05) is 6.92 Å². The van der Waals surface area contributed by atoms with Crippen molar-refractivity contribution in [3.8, 4) is 5.75 Å². The van der Waals surface area contributed by atoms with Crippen molar-refractivity contribution in [3.63, 3.8) is 0 Å². The van der Waals surface area contributed by atoms with Gasteiger partial charge in [0.25, 0.3) is 10.0 Å². The number of aliphatic carboxylic acids is 1.